The van der Waals surface area contributed by atoms with E-state index in [-0.39, 0.29) is 5.82 Å². The molecule has 0 N–H and O–H groups in total. The Labute approximate surface area is 130 Å². The minimum atomic E-state index is -4.70. The number of halogens is 4. The second-order valence-electron chi connectivity index (χ2n) is 4.48. The summed E-state index contributed by atoms with van der Waals surface area (Å²) in [5.41, 5.74) is -0.0383. The Balaban J connectivity index is 2.54. The van der Waals surface area contributed by atoms with Crippen molar-refractivity contribution in [2.24, 2.45) is 0 Å². The summed E-state index contributed by atoms with van der Waals surface area (Å²) in [6, 6.07) is 5.18. The first kappa shape index (κ1) is 16.5. The van der Waals surface area contributed by atoms with E-state index in [4.69, 9.17) is 16.3 Å². The van der Waals surface area contributed by atoms with Crippen molar-refractivity contribution in [1.29, 1.82) is 0 Å². The molecule has 0 aliphatic carbocycles. The third-order valence-corrected chi connectivity index (χ3v) is 3.12. The average Bonchev–Trinajstić information content (AvgIpc) is 2.45. The van der Waals surface area contributed by atoms with Gasteiger partial charge in [0.2, 0.25) is 5.88 Å². The van der Waals surface area contributed by atoms with Gasteiger partial charge in [-0.05, 0) is 18.6 Å². The van der Waals surface area contributed by atoms with Crippen LogP contribution in [0.25, 0.3) is 11.5 Å². The van der Waals surface area contributed by atoms with Crippen LogP contribution in [0, 0.1) is 0 Å². The Morgan fingerprint density at radius 1 is 1.18 bits per heavy atom. The van der Waals surface area contributed by atoms with Crippen LogP contribution in [-0.2, 0) is 12.6 Å². The number of pyridine rings is 1. The van der Waals surface area contributed by atoms with E-state index < -0.39 is 22.8 Å². The van der Waals surface area contributed by atoms with E-state index in [1.165, 1.54) is 0 Å². The fourth-order valence-electron chi connectivity index (χ4n) is 1.91. The summed E-state index contributed by atoms with van der Waals surface area (Å²) in [5, 5.41) is -0.711. The molecular formula is C14H13ClF3N3O. The molecule has 0 unspecified atom stereocenters. The van der Waals surface area contributed by atoms with Gasteiger partial charge in [-0.15, -0.1) is 0 Å². The molecule has 0 aliphatic rings. The highest BCUT2D eigenvalue weighted by molar-refractivity contribution is 6.30. The van der Waals surface area contributed by atoms with Crippen LogP contribution in [0.3, 0.4) is 0 Å². The maximum atomic E-state index is 12.9. The van der Waals surface area contributed by atoms with Crippen molar-refractivity contribution < 1.29 is 17.9 Å². The predicted molar refractivity (Wildman–Crippen MR) is 75.8 cm³/mol. The number of hydrogen-bond donors (Lipinski definition) is 0. The maximum absolute atomic E-state index is 12.9. The largest absolute Gasteiger partial charge is 0.480 e. The number of alkyl halides is 3. The van der Waals surface area contributed by atoms with Gasteiger partial charge in [-0.1, -0.05) is 31.0 Å². The molecule has 0 aliphatic heterocycles. The molecule has 8 heteroatoms. The van der Waals surface area contributed by atoms with E-state index >= 15 is 0 Å². The molecule has 0 aromatic carbocycles. The van der Waals surface area contributed by atoms with Crippen LogP contribution in [0.4, 0.5) is 13.2 Å². The van der Waals surface area contributed by atoms with Crippen molar-refractivity contribution in [3.8, 4) is 17.4 Å². The fraction of sp³-hybridized carbons (Fsp3) is 0.357. The van der Waals surface area contributed by atoms with E-state index in [2.05, 4.69) is 15.0 Å². The number of nitrogens with zero attached hydrogens (tertiary/aromatic N) is 3. The first-order valence-electron chi connectivity index (χ1n) is 6.51. The average molecular weight is 332 g/mol. The van der Waals surface area contributed by atoms with E-state index in [0.29, 0.717) is 5.69 Å². The summed E-state index contributed by atoms with van der Waals surface area (Å²) in [6.07, 6.45) is -3.05. The van der Waals surface area contributed by atoms with Crippen LogP contribution in [-0.4, -0.2) is 22.1 Å². The molecule has 22 heavy (non-hydrogen) atoms. The monoisotopic (exact) mass is 331 g/mol. The molecule has 0 bridgehead atoms. The number of hydrogen-bond acceptors (Lipinski definition) is 4. The highest BCUT2D eigenvalue weighted by atomic mass is 35.5. The van der Waals surface area contributed by atoms with Crippen LogP contribution in [0.15, 0.2) is 18.2 Å². The number of ether oxygens (including phenoxy) is 1. The van der Waals surface area contributed by atoms with Crippen molar-refractivity contribution in [2.75, 3.05) is 7.11 Å². The molecule has 2 aromatic rings. The van der Waals surface area contributed by atoms with Gasteiger partial charge < -0.3 is 4.74 Å². The lowest BCUT2D eigenvalue weighted by molar-refractivity contribution is -0.139. The van der Waals surface area contributed by atoms with Gasteiger partial charge in [0.15, 0.2) is 11.4 Å². The van der Waals surface area contributed by atoms with E-state index in [1.54, 1.807) is 12.1 Å². The molecule has 0 radical (unpaired) electrons. The minimum Gasteiger partial charge on any atom is -0.480 e. The summed E-state index contributed by atoms with van der Waals surface area (Å²) < 4.78 is 43.5. The molecule has 2 rings (SSSR count). The fourth-order valence-corrected chi connectivity index (χ4v) is 2.18. The lowest BCUT2D eigenvalue weighted by atomic mass is 10.2. The maximum Gasteiger partial charge on any atom is 0.424 e. The summed E-state index contributed by atoms with van der Waals surface area (Å²) in [6.45, 7) is 2.00. The minimum absolute atomic E-state index is 0.00666. The number of aryl methyl sites for hydroxylation is 1. The van der Waals surface area contributed by atoms with E-state index in [1.807, 2.05) is 13.0 Å². The van der Waals surface area contributed by atoms with Crippen LogP contribution < -0.4 is 4.74 Å². The molecule has 0 atom stereocenters. The SMILES string of the molecule is CCCc1cccc(-c2nc(Cl)c(C(F)(F)F)c(OC)n2)n1. The van der Waals surface area contributed by atoms with E-state index in [9.17, 15) is 13.2 Å². The van der Waals surface area contributed by atoms with Gasteiger partial charge in [0.1, 0.15) is 10.8 Å². The normalized spacial score (nSPS) is 11.5. The number of aromatic nitrogens is 3. The van der Waals surface area contributed by atoms with Gasteiger partial charge in [-0.3, -0.25) is 0 Å². The van der Waals surface area contributed by atoms with Gasteiger partial charge >= 0.3 is 6.18 Å². The third kappa shape index (κ3) is 3.47. The topological polar surface area (TPSA) is 47.9 Å². The van der Waals surface area contributed by atoms with Crippen LogP contribution in [0.1, 0.15) is 24.6 Å². The first-order chi connectivity index (χ1) is 10.4. The van der Waals surface area contributed by atoms with Gasteiger partial charge in [-0.25, -0.2) is 9.97 Å². The Hall–Kier alpha value is -1.89. The number of methoxy groups -OCH3 is 1. The zero-order valence-corrected chi connectivity index (χ0v) is 12.7. The van der Waals surface area contributed by atoms with Crippen molar-refractivity contribution in [1.82, 2.24) is 15.0 Å². The van der Waals surface area contributed by atoms with Crippen molar-refractivity contribution in [3.63, 3.8) is 0 Å². The lowest BCUT2D eigenvalue weighted by Crippen LogP contribution is -2.12. The quantitative estimate of drug-likeness (QED) is 0.789. The molecule has 2 aromatic heterocycles. The Kier molecular flexibility index (Phi) is 4.85. The Bertz CT molecular complexity index is 677. The van der Waals surface area contributed by atoms with Gasteiger partial charge in [0, 0.05) is 5.69 Å². The summed E-state index contributed by atoms with van der Waals surface area (Å²) in [7, 11) is 1.10. The van der Waals surface area contributed by atoms with Crippen LogP contribution >= 0.6 is 11.6 Å². The molecule has 0 saturated carbocycles. The van der Waals surface area contributed by atoms with Crippen LogP contribution in [0.5, 0.6) is 5.88 Å². The Morgan fingerprint density at radius 2 is 1.91 bits per heavy atom. The smallest absolute Gasteiger partial charge is 0.424 e. The predicted octanol–water partition coefficient (Wildman–Crippen LogP) is 4.17. The highest BCUT2D eigenvalue weighted by Gasteiger charge is 2.39. The zero-order valence-electron chi connectivity index (χ0n) is 11.9. The van der Waals surface area contributed by atoms with Gasteiger partial charge in [0.25, 0.3) is 0 Å². The van der Waals surface area contributed by atoms with Crippen LogP contribution in [0.2, 0.25) is 5.15 Å². The first-order valence-corrected chi connectivity index (χ1v) is 6.89. The van der Waals surface area contributed by atoms with E-state index in [0.717, 1.165) is 25.6 Å². The summed E-state index contributed by atoms with van der Waals surface area (Å²) in [5.74, 6) is -0.627. The molecule has 118 valence electrons. The summed E-state index contributed by atoms with van der Waals surface area (Å²) in [4.78, 5) is 11.8. The third-order valence-electron chi connectivity index (χ3n) is 2.85. The second-order valence-corrected chi connectivity index (χ2v) is 4.84. The second kappa shape index (κ2) is 6.48. The molecule has 0 saturated heterocycles. The summed E-state index contributed by atoms with van der Waals surface area (Å²) >= 11 is 5.67. The van der Waals surface area contributed by atoms with Gasteiger partial charge in [0.05, 0.1) is 7.11 Å². The van der Waals surface area contributed by atoms with Crippen molar-refractivity contribution in [3.05, 3.63) is 34.6 Å². The molecule has 0 fully saturated rings. The standard InChI is InChI=1S/C14H13ClF3N3O/c1-3-5-8-6-4-7-9(19-8)12-20-11(15)10(14(16,17)18)13(21-12)22-2/h4,6-7H,3,5H2,1-2H3. The molecule has 0 amide bonds. The zero-order chi connectivity index (χ0) is 16.3. The van der Waals surface area contributed by atoms with Crippen molar-refractivity contribution in [2.45, 2.75) is 25.9 Å². The molecular weight excluding hydrogens is 319 g/mol. The number of rotatable bonds is 4. The molecule has 4 nitrogen and oxygen atoms in total. The Morgan fingerprint density at radius 3 is 2.50 bits per heavy atom. The van der Waals surface area contributed by atoms with Crippen molar-refractivity contribution >= 4 is 11.6 Å². The van der Waals surface area contributed by atoms with Gasteiger partial charge in [-0.2, -0.15) is 18.2 Å². The lowest BCUT2D eigenvalue weighted by Gasteiger charge is -2.13. The molecule has 0 spiro atoms. The molecule has 2 heterocycles. The highest BCUT2D eigenvalue weighted by Crippen LogP contribution is 2.39.